The normalized spacial score (nSPS) is 24.1. The minimum atomic E-state index is -1.52. The Bertz CT molecular complexity index is 1830. The third-order valence-corrected chi connectivity index (χ3v) is 11.1. The summed E-state index contributed by atoms with van der Waals surface area (Å²) >= 11 is 14.0. The molecule has 1 saturated heterocycles. The van der Waals surface area contributed by atoms with E-state index in [2.05, 4.69) is 17.2 Å². The minimum Gasteiger partial charge on any atom is -0.479 e. The van der Waals surface area contributed by atoms with Crippen molar-refractivity contribution in [3.63, 3.8) is 0 Å². The van der Waals surface area contributed by atoms with E-state index in [0.29, 0.717) is 21.7 Å². The molecule has 6 rings (SSSR count). The van der Waals surface area contributed by atoms with E-state index in [4.69, 9.17) is 42.6 Å². The van der Waals surface area contributed by atoms with E-state index in [-0.39, 0.29) is 36.4 Å². The fraction of sp³-hybridized carbons (Fsp3) is 0.486. The predicted molar refractivity (Wildman–Crippen MR) is 189 cm³/mol. The van der Waals surface area contributed by atoms with Crippen LogP contribution in [0.25, 0.3) is 21.6 Å². The van der Waals surface area contributed by atoms with Crippen LogP contribution in [0.1, 0.15) is 59.3 Å². The molecule has 0 radical (unpaired) electrons. The molecule has 3 amide bonds. The van der Waals surface area contributed by atoms with Crippen molar-refractivity contribution in [2.24, 2.45) is 11.3 Å². The molecule has 2 aliphatic carbocycles. The number of hydrogen-bond acceptors (Lipinski definition) is 9. The number of thiophene rings is 1. The number of aromatic nitrogens is 2. The standard InChI is InChI=1S/C35H39Cl2N5O7S/c1-5-18-16-35(18,32(45)46)41-29(43)25-13-20(17-42(25)31(44)28(34(2,3)4)40-33(47)49-19-9-6-7-10-19)48-30-27(26-11-8-12-50-26)38-23-14-21(36)22(37)15-24(23)39-30/h5,8,11-12,14-15,18-20,25,28H,1,6-7,9-10,13,16-17H2,2-4H3,(H,40,47)(H,41,43)(H,45,46)/t18-,20-,25+,28-,35?/m1/s1. The largest absolute Gasteiger partial charge is 0.479 e. The molecule has 12 nitrogen and oxygen atoms in total. The van der Waals surface area contributed by atoms with Crippen molar-refractivity contribution in [3.05, 3.63) is 52.3 Å². The zero-order chi connectivity index (χ0) is 36.0. The Morgan fingerprint density at radius 1 is 1.12 bits per heavy atom. The number of carboxylic acid groups (broad SMARTS) is 1. The highest BCUT2D eigenvalue weighted by Crippen LogP contribution is 2.45. The second-order valence-electron chi connectivity index (χ2n) is 14.2. The first-order valence-corrected chi connectivity index (χ1v) is 18.2. The summed E-state index contributed by atoms with van der Waals surface area (Å²) in [6.07, 6.45) is 3.46. The number of carbonyl (C=O) groups excluding carboxylic acids is 3. The molecule has 3 heterocycles. The highest BCUT2D eigenvalue weighted by atomic mass is 35.5. The molecule has 0 spiro atoms. The molecule has 3 aromatic rings. The van der Waals surface area contributed by atoms with Crippen LogP contribution in [-0.2, 0) is 19.1 Å². The molecule has 3 fully saturated rings. The summed E-state index contributed by atoms with van der Waals surface area (Å²) in [5, 5.41) is 18.0. The summed E-state index contributed by atoms with van der Waals surface area (Å²) in [4.78, 5) is 65.3. The Kier molecular flexibility index (Phi) is 10.0. The molecule has 2 aromatic heterocycles. The zero-order valence-corrected chi connectivity index (χ0v) is 30.2. The number of nitrogens with zero attached hydrogens (tertiary/aromatic N) is 3. The van der Waals surface area contributed by atoms with Gasteiger partial charge in [0.2, 0.25) is 17.7 Å². The molecule has 15 heteroatoms. The van der Waals surface area contributed by atoms with Gasteiger partial charge < -0.3 is 30.1 Å². The number of hydrogen-bond donors (Lipinski definition) is 3. The van der Waals surface area contributed by atoms with E-state index in [1.165, 1.54) is 22.3 Å². The fourth-order valence-electron chi connectivity index (χ4n) is 6.67. The number of carboxylic acids is 1. The molecule has 3 aliphatic rings. The molecular formula is C35H39Cl2N5O7S. The third-order valence-electron chi connectivity index (χ3n) is 9.53. The molecule has 1 unspecified atom stereocenters. The van der Waals surface area contributed by atoms with Crippen molar-refractivity contribution in [1.29, 1.82) is 0 Å². The van der Waals surface area contributed by atoms with Gasteiger partial charge in [0.25, 0.3) is 0 Å². The number of halogens is 2. The van der Waals surface area contributed by atoms with E-state index in [0.717, 1.165) is 30.6 Å². The van der Waals surface area contributed by atoms with Gasteiger partial charge in [-0.25, -0.2) is 19.6 Å². The molecule has 2 saturated carbocycles. The van der Waals surface area contributed by atoms with E-state index in [1.54, 1.807) is 32.9 Å². The summed E-state index contributed by atoms with van der Waals surface area (Å²) < 4.78 is 12.1. The van der Waals surface area contributed by atoms with Gasteiger partial charge in [-0.05, 0) is 61.1 Å². The number of ether oxygens (including phenoxy) is 2. The van der Waals surface area contributed by atoms with Crippen LogP contribution in [0.2, 0.25) is 10.0 Å². The SMILES string of the molecule is C=C[C@@H]1CC1(NC(=O)[C@@H]1C[C@@H](Oc2nc3cc(Cl)c(Cl)cc3nc2-c2cccs2)CN1C(=O)[C@@H](NC(=O)OC1CCCC1)C(C)(C)C)C(=O)O. The maximum Gasteiger partial charge on any atom is 0.408 e. The Hall–Kier alpha value is -3.94. The Morgan fingerprint density at radius 2 is 1.80 bits per heavy atom. The van der Waals surface area contributed by atoms with Crippen LogP contribution < -0.4 is 15.4 Å². The minimum absolute atomic E-state index is 0.0143. The number of aliphatic carboxylic acids is 1. The lowest BCUT2D eigenvalue weighted by Gasteiger charge is -2.35. The van der Waals surface area contributed by atoms with Gasteiger partial charge in [0.05, 0.1) is 32.5 Å². The highest BCUT2D eigenvalue weighted by Gasteiger charge is 2.61. The van der Waals surface area contributed by atoms with Crippen molar-refractivity contribution < 1.29 is 33.8 Å². The molecule has 0 bridgehead atoms. The Balaban J connectivity index is 1.32. The van der Waals surface area contributed by atoms with Crippen LogP contribution in [-0.4, -0.2) is 80.2 Å². The van der Waals surface area contributed by atoms with Crippen LogP contribution in [0.5, 0.6) is 5.88 Å². The number of rotatable bonds is 10. The van der Waals surface area contributed by atoms with Crippen molar-refractivity contribution in [2.75, 3.05) is 6.54 Å². The number of alkyl carbamates (subject to hydrolysis) is 1. The van der Waals surface area contributed by atoms with Gasteiger partial charge in [-0.15, -0.1) is 17.9 Å². The van der Waals surface area contributed by atoms with E-state index >= 15 is 0 Å². The average molecular weight is 745 g/mol. The quantitative estimate of drug-likeness (QED) is 0.204. The third kappa shape index (κ3) is 7.26. The first-order chi connectivity index (χ1) is 23.7. The summed E-state index contributed by atoms with van der Waals surface area (Å²) in [7, 11) is 0. The first kappa shape index (κ1) is 35.9. The van der Waals surface area contributed by atoms with E-state index in [1.807, 2.05) is 17.5 Å². The van der Waals surface area contributed by atoms with Crippen LogP contribution in [0.4, 0.5) is 4.79 Å². The predicted octanol–water partition coefficient (Wildman–Crippen LogP) is 6.24. The zero-order valence-electron chi connectivity index (χ0n) is 27.9. The molecular weight excluding hydrogens is 705 g/mol. The fourth-order valence-corrected chi connectivity index (χ4v) is 7.69. The first-order valence-electron chi connectivity index (χ1n) is 16.5. The lowest BCUT2D eigenvalue weighted by Crippen LogP contribution is -2.59. The Morgan fingerprint density at radius 3 is 2.38 bits per heavy atom. The Labute approximate surface area is 303 Å². The van der Waals surface area contributed by atoms with Gasteiger partial charge in [0.1, 0.15) is 35.5 Å². The summed E-state index contributed by atoms with van der Waals surface area (Å²) in [6, 6.07) is 4.73. The van der Waals surface area contributed by atoms with Crippen LogP contribution in [0, 0.1) is 11.3 Å². The van der Waals surface area contributed by atoms with Crippen LogP contribution >= 0.6 is 34.5 Å². The van der Waals surface area contributed by atoms with Gasteiger partial charge in [0, 0.05) is 12.3 Å². The van der Waals surface area contributed by atoms with Gasteiger partial charge in [-0.1, -0.05) is 56.1 Å². The monoisotopic (exact) mass is 743 g/mol. The van der Waals surface area contributed by atoms with Crippen LogP contribution in [0.15, 0.2) is 42.3 Å². The maximum absolute atomic E-state index is 14.4. The summed E-state index contributed by atoms with van der Waals surface area (Å²) in [5.74, 6) is -2.66. The molecule has 1 aromatic carbocycles. The topological polar surface area (TPSA) is 160 Å². The van der Waals surface area contributed by atoms with Gasteiger partial charge >= 0.3 is 12.1 Å². The summed E-state index contributed by atoms with van der Waals surface area (Å²) in [6.45, 7) is 9.06. The molecule has 5 atom stereocenters. The highest BCUT2D eigenvalue weighted by molar-refractivity contribution is 7.13. The van der Waals surface area contributed by atoms with Crippen molar-refractivity contribution >= 4 is 69.4 Å². The maximum atomic E-state index is 14.4. The smallest absolute Gasteiger partial charge is 0.408 e. The number of fused-ring (bicyclic) bond motifs is 1. The van der Waals surface area contributed by atoms with Crippen molar-refractivity contribution in [3.8, 4) is 16.5 Å². The molecule has 266 valence electrons. The number of likely N-dealkylation sites (tertiary alicyclic amines) is 1. The second-order valence-corrected chi connectivity index (χ2v) is 15.9. The lowest BCUT2D eigenvalue weighted by atomic mass is 9.85. The van der Waals surface area contributed by atoms with Gasteiger partial charge in [-0.2, -0.15) is 0 Å². The van der Waals surface area contributed by atoms with E-state index in [9.17, 15) is 24.3 Å². The number of carbonyl (C=O) groups is 4. The average Bonchev–Trinajstić information content (AvgIpc) is 3.53. The molecule has 3 N–H and O–H groups in total. The number of nitrogens with one attached hydrogen (secondary N) is 2. The molecule has 1 aliphatic heterocycles. The summed E-state index contributed by atoms with van der Waals surface area (Å²) in [5.41, 5.74) is -0.928. The van der Waals surface area contributed by atoms with E-state index < -0.39 is 58.9 Å². The van der Waals surface area contributed by atoms with Crippen molar-refractivity contribution in [2.45, 2.75) is 89.1 Å². The van der Waals surface area contributed by atoms with Gasteiger partial charge in [0.15, 0.2) is 0 Å². The van der Waals surface area contributed by atoms with Crippen LogP contribution in [0.3, 0.4) is 0 Å². The van der Waals surface area contributed by atoms with Crippen molar-refractivity contribution in [1.82, 2.24) is 25.5 Å². The number of amides is 3. The second kappa shape index (κ2) is 14.0. The number of benzene rings is 1. The molecule has 50 heavy (non-hydrogen) atoms. The van der Waals surface area contributed by atoms with Gasteiger partial charge in [-0.3, -0.25) is 9.59 Å². The lowest BCUT2D eigenvalue weighted by molar-refractivity contribution is -0.146.